The Morgan fingerprint density at radius 1 is 0.918 bits per heavy atom. The molecule has 17 nitrogen and oxygen atoms in total. The van der Waals surface area contributed by atoms with E-state index < -0.39 is 34.6 Å². The number of amides is 3. The maximum atomic E-state index is 14.2. The predicted octanol–water partition coefficient (Wildman–Crippen LogP) is 7.08. The largest absolute Gasteiger partial charge is 0.391 e. The first kappa shape index (κ1) is 53.9. The van der Waals surface area contributed by atoms with E-state index in [0.717, 1.165) is 91.7 Å². The van der Waals surface area contributed by atoms with Gasteiger partial charge in [0.2, 0.25) is 23.7 Å². The lowest BCUT2D eigenvalue weighted by atomic mass is 9.85. The van der Waals surface area contributed by atoms with Gasteiger partial charge >= 0.3 is 0 Å². The molecule has 3 aromatic carbocycles. The van der Waals surface area contributed by atoms with Crippen molar-refractivity contribution in [3.05, 3.63) is 99.7 Å². The van der Waals surface area contributed by atoms with Crippen molar-refractivity contribution in [1.82, 2.24) is 40.3 Å². The number of anilines is 6. The summed E-state index contributed by atoms with van der Waals surface area (Å²) in [6, 6.07) is 19.6. The van der Waals surface area contributed by atoms with E-state index >= 15 is 0 Å². The third-order valence-electron chi connectivity index (χ3n) is 13.9. The Morgan fingerprint density at radius 2 is 1.64 bits per heavy atom. The lowest BCUT2D eigenvalue weighted by Crippen LogP contribution is -2.59. The van der Waals surface area contributed by atoms with Crippen LogP contribution in [0.25, 0.3) is 10.4 Å². The molecule has 3 aliphatic rings. The molecule has 5 aromatic rings. The number of aryl methyl sites for hydroxylation is 1. The molecule has 0 bridgehead atoms. The van der Waals surface area contributed by atoms with Gasteiger partial charge < -0.3 is 36.2 Å². The Kier molecular flexibility index (Phi) is 17.6. The van der Waals surface area contributed by atoms with E-state index in [1.54, 1.807) is 28.9 Å². The second kappa shape index (κ2) is 23.9. The number of rotatable bonds is 17. The quantitative estimate of drug-likeness (QED) is 0.0636. The first-order chi connectivity index (χ1) is 34.9. The average Bonchev–Trinajstić information content (AvgIpc) is 3.99. The van der Waals surface area contributed by atoms with Gasteiger partial charge in [-0.2, -0.15) is 4.98 Å². The second-order valence-electron chi connectivity index (χ2n) is 20.2. The topological polar surface area (TPSA) is 192 Å². The normalized spacial score (nSPS) is 18.8. The summed E-state index contributed by atoms with van der Waals surface area (Å²) in [6.07, 6.45) is 4.35. The molecule has 3 saturated heterocycles. The summed E-state index contributed by atoms with van der Waals surface area (Å²) in [6.45, 7) is 14.3. The van der Waals surface area contributed by atoms with Crippen molar-refractivity contribution in [3.63, 3.8) is 0 Å². The number of carbonyl (C=O) groups excluding carboxylic acids is 3. The number of piperidine rings is 1. The molecule has 73 heavy (non-hydrogen) atoms. The molecule has 1 unspecified atom stereocenters. The van der Waals surface area contributed by atoms with Gasteiger partial charge in [-0.25, -0.2) is 14.2 Å². The number of piperazine rings is 1. The van der Waals surface area contributed by atoms with Crippen LogP contribution in [0.5, 0.6) is 0 Å². The summed E-state index contributed by atoms with van der Waals surface area (Å²) in [5.74, 6) is 0.268. The third kappa shape index (κ3) is 13.7. The van der Waals surface area contributed by atoms with Crippen LogP contribution >= 0.6 is 34.5 Å². The van der Waals surface area contributed by atoms with Crippen LogP contribution in [0, 0.1) is 18.3 Å². The Balaban J connectivity index is 0.770. The van der Waals surface area contributed by atoms with Crippen molar-refractivity contribution in [1.29, 1.82) is 0 Å². The number of β-amino-alcohol motifs (C(OH)–C–C–N with tert-alkyl or cyclic N) is 1. The minimum absolute atomic E-state index is 0.0221. The van der Waals surface area contributed by atoms with Crippen molar-refractivity contribution in [2.75, 3.05) is 92.0 Å². The first-order valence-electron chi connectivity index (χ1n) is 24.7. The number of hydrogen-bond acceptors (Lipinski definition) is 14. The molecule has 3 aliphatic heterocycles. The van der Waals surface area contributed by atoms with E-state index in [9.17, 15) is 23.7 Å². The number of aliphatic hydroxyl groups is 1. The van der Waals surface area contributed by atoms with Gasteiger partial charge in [-0.3, -0.25) is 28.5 Å². The van der Waals surface area contributed by atoms with E-state index in [0.29, 0.717) is 39.1 Å². The van der Waals surface area contributed by atoms with E-state index in [1.807, 2.05) is 99.9 Å². The van der Waals surface area contributed by atoms with E-state index in [1.165, 1.54) is 11.1 Å². The zero-order valence-corrected chi connectivity index (χ0v) is 45.4. The summed E-state index contributed by atoms with van der Waals surface area (Å²) in [7, 11) is 0.526. The minimum atomic E-state index is -1.23. The lowest BCUT2D eigenvalue weighted by molar-refractivity contribution is -0.144. The fourth-order valence-corrected chi connectivity index (χ4v) is 11.2. The number of halogens is 2. The van der Waals surface area contributed by atoms with Crippen LogP contribution in [0.2, 0.25) is 10.0 Å². The van der Waals surface area contributed by atoms with Crippen LogP contribution < -0.4 is 30.5 Å². The highest BCUT2D eigenvalue weighted by Crippen LogP contribution is 2.34. The van der Waals surface area contributed by atoms with Gasteiger partial charge in [-0.15, -0.1) is 11.3 Å². The molecule has 5 N–H and O–H groups in total. The van der Waals surface area contributed by atoms with Gasteiger partial charge in [-0.05, 0) is 85.6 Å². The molecule has 21 heteroatoms. The number of para-hydroxylation sites is 2. The SMILES string of the molecule is Cc1ncsc1-c1ccc(CNC(=O)[C@@H]2C[C@@H](O)CN2C(=O)[C@@H](NC(=O)CN2CCC(CN3CCN(c4ccc(Nc5ncc(Cl)c(Nc6ccccc6N(C)S(C)=O)n5)c(Cl)c4)CC3)CC2)C(C)(C)C)cc1. The van der Waals surface area contributed by atoms with Crippen LogP contribution in [0.15, 0.2) is 78.4 Å². The number of thiazole rings is 1. The molecular weight excluding hydrogens is 1010 g/mol. The molecular formula is C52H66Cl2N12O5S2. The highest BCUT2D eigenvalue weighted by Gasteiger charge is 2.44. The molecule has 8 rings (SSSR count). The zero-order chi connectivity index (χ0) is 52.0. The molecule has 0 radical (unpaired) electrons. The van der Waals surface area contributed by atoms with Crippen LogP contribution in [-0.4, -0.2) is 147 Å². The molecule has 3 fully saturated rings. The number of carbonyl (C=O) groups is 3. The number of nitrogens with zero attached hydrogens (tertiary/aromatic N) is 8. The van der Waals surface area contributed by atoms with Crippen molar-refractivity contribution >= 4 is 97.8 Å². The summed E-state index contributed by atoms with van der Waals surface area (Å²) in [5, 5.41) is 24.0. The number of likely N-dealkylation sites (tertiary alicyclic amines) is 2. The first-order valence-corrected chi connectivity index (χ1v) is 27.8. The Bertz CT molecular complexity index is 2760. The fourth-order valence-electron chi connectivity index (χ4n) is 9.63. The maximum Gasteiger partial charge on any atom is 0.246 e. The molecule has 0 spiro atoms. The van der Waals surface area contributed by atoms with E-state index in [-0.39, 0.29) is 43.8 Å². The highest BCUT2D eigenvalue weighted by atomic mass is 35.5. The number of benzene rings is 3. The Labute approximate surface area is 444 Å². The zero-order valence-electron chi connectivity index (χ0n) is 42.2. The molecule has 0 saturated carbocycles. The Morgan fingerprint density at radius 3 is 2.32 bits per heavy atom. The number of aliphatic hydroxyl groups excluding tert-OH is 1. The van der Waals surface area contributed by atoms with Crippen LogP contribution in [0.3, 0.4) is 0 Å². The summed E-state index contributed by atoms with van der Waals surface area (Å²) >= 11 is 14.9. The van der Waals surface area contributed by atoms with E-state index in [2.05, 4.69) is 50.9 Å². The maximum absolute atomic E-state index is 14.2. The minimum Gasteiger partial charge on any atom is -0.391 e. The summed E-state index contributed by atoms with van der Waals surface area (Å²) < 4.78 is 13.9. The predicted molar refractivity (Wildman–Crippen MR) is 293 cm³/mol. The second-order valence-corrected chi connectivity index (χ2v) is 23.3. The molecule has 390 valence electrons. The van der Waals surface area contributed by atoms with Gasteiger partial charge in [0.05, 0.1) is 57.0 Å². The van der Waals surface area contributed by atoms with Crippen molar-refractivity contribution in [3.8, 4) is 10.4 Å². The standard InChI is InChI=1S/C52H66Cl2N12O5S2/c1-33-46(72-32-57-33)36-13-11-34(12-14-36)27-55-49(69)44-26-38(67)30-66(44)50(70)47(52(2,3)4)60-45(68)31-63-19-17-35(18-20-63)29-64-21-23-65(24-22-64)37-15-16-41(39(53)25-37)59-51-56-28-40(54)48(61-51)58-42-9-7-8-10-43(42)62(5)73(6)71/h7-16,25,28,32,35,38,44,47,67H,17-24,26-27,29-31H2,1-6H3,(H,55,69)(H,60,68)(H2,56,58,59,61)/t38-,44+,47-,73?/m1/s1. The van der Waals surface area contributed by atoms with Crippen LogP contribution in [-0.2, 0) is 31.9 Å². The van der Waals surface area contributed by atoms with Gasteiger partial charge in [0.25, 0.3) is 0 Å². The summed E-state index contributed by atoms with van der Waals surface area (Å²) in [4.78, 5) is 64.3. The van der Waals surface area contributed by atoms with E-state index in [4.69, 9.17) is 23.2 Å². The highest BCUT2D eigenvalue weighted by molar-refractivity contribution is 7.85. The molecule has 3 amide bonds. The molecule has 4 atom stereocenters. The van der Waals surface area contributed by atoms with Crippen molar-refractivity contribution in [2.24, 2.45) is 11.3 Å². The van der Waals surface area contributed by atoms with Crippen LogP contribution in [0.4, 0.5) is 34.5 Å². The number of nitrogens with one attached hydrogen (secondary N) is 4. The number of hydrogen-bond donors (Lipinski definition) is 5. The number of aromatic nitrogens is 3. The van der Waals surface area contributed by atoms with Crippen molar-refractivity contribution in [2.45, 2.75) is 71.7 Å². The van der Waals surface area contributed by atoms with Gasteiger partial charge in [0, 0.05) is 71.2 Å². The fraction of sp³-hybridized carbons (Fsp3) is 0.462. The smallest absolute Gasteiger partial charge is 0.246 e. The third-order valence-corrected chi connectivity index (χ3v) is 16.4. The monoisotopic (exact) mass is 1070 g/mol. The summed E-state index contributed by atoms with van der Waals surface area (Å²) in [5.41, 5.74) is 7.23. The van der Waals surface area contributed by atoms with Crippen LogP contribution in [0.1, 0.15) is 51.3 Å². The Hall–Kier alpha value is -5.41. The van der Waals surface area contributed by atoms with Crippen molar-refractivity contribution < 1.29 is 23.7 Å². The van der Waals surface area contributed by atoms with Gasteiger partial charge in [-0.1, -0.05) is 80.4 Å². The molecule has 2 aromatic heterocycles. The van der Waals surface area contributed by atoms with Gasteiger partial charge in [0.1, 0.15) is 28.1 Å². The average molecular weight is 1070 g/mol. The molecule has 0 aliphatic carbocycles. The lowest BCUT2D eigenvalue weighted by Gasteiger charge is -2.40. The molecule has 5 heterocycles. The van der Waals surface area contributed by atoms with Gasteiger partial charge in [0.15, 0.2) is 5.82 Å².